The number of piperidine rings is 1. The maximum Gasteiger partial charge on any atom is 0.254 e. The molecule has 4 heteroatoms. The third-order valence-corrected chi connectivity index (χ3v) is 5.28. The highest BCUT2D eigenvalue weighted by Crippen LogP contribution is 2.39. The van der Waals surface area contributed by atoms with Crippen LogP contribution in [0, 0.1) is 11.8 Å². The van der Waals surface area contributed by atoms with Gasteiger partial charge in [0.2, 0.25) is 0 Å². The molecule has 1 heterocycles. The van der Waals surface area contributed by atoms with E-state index < -0.39 is 0 Å². The summed E-state index contributed by atoms with van der Waals surface area (Å²) in [6.45, 7) is 3.14. The number of phenols is 1. The number of phenolic OH excluding ortho intramolecular Hbond substituents is 1. The Balaban J connectivity index is 1.84. The summed E-state index contributed by atoms with van der Waals surface area (Å²) in [4.78, 5) is 14.8. The molecule has 1 saturated heterocycles. The van der Waals surface area contributed by atoms with E-state index in [-0.39, 0.29) is 11.7 Å². The normalized spacial score (nSPS) is 29.0. The molecule has 3 N–H and O–H groups in total. The monoisotopic (exact) mass is 288 g/mol. The van der Waals surface area contributed by atoms with Gasteiger partial charge in [0, 0.05) is 18.2 Å². The Hall–Kier alpha value is -1.71. The second-order valence-corrected chi connectivity index (χ2v) is 6.55. The Bertz CT molecular complexity index is 544. The molecule has 1 aromatic carbocycles. The largest absolute Gasteiger partial charge is 0.506 e. The SMILES string of the molecule is CC1CCN(C(=O)c2ccc(N)c(O)c2)C2CCCCC12. The van der Waals surface area contributed by atoms with Crippen LogP contribution < -0.4 is 5.73 Å². The number of hydrogen-bond donors (Lipinski definition) is 2. The van der Waals surface area contributed by atoms with Crippen LogP contribution in [0.5, 0.6) is 5.75 Å². The van der Waals surface area contributed by atoms with Gasteiger partial charge < -0.3 is 15.7 Å². The molecular formula is C17H24N2O2. The zero-order chi connectivity index (χ0) is 15.0. The Morgan fingerprint density at radius 3 is 2.81 bits per heavy atom. The van der Waals surface area contributed by atoms with Crippen LogP contribution in [-0.2, 0) is 0 Å². The van der Waals surface area contributed by atoms with Gasteiger partial charge >= 0.3 is 0 Å². The number of likely N-dealkylation sites (tertiary alicyclic amines) is 1. The van der Waals surface area contributed by atoms with Gasteiger partial charge in [0.15, 0.2) is 0 Å². The van der Waals surface area contributed by atoms with Crippen LogP contribution in [0.4, 0.5) is 5.69 Å². The maximum atomic E-state index is 12.8. The van der Waals surface area contributed by atoms with Crippen molar-refractivity contribution in [2.45, 2.75) is 45.1 Å². The molecule has 21 heavy (non-hydrogen) atoms. The molecule has 0 aromatic heterocycles. The lowest BCUT2D eigenvalue weighted by Gasteiger charge is -2.47. The number of nitrogens with zero attached hydrogens (tertiary/aromatic N) is 1. The van der Waals surface area contributed by atoms with E-state index in [1.54, 1.807) is 12.1 Å². The fraction of sp³-hybridized carbons (Fsp3) is 0.588. The van der Waals surface area contributed by atoms with E-state index in [1.165, 1.54) is 25.3 Å². The minimum absolute atomic E-state index is 0.00794. The standard InChI is InChI=1S/C17H24N2O2/c1-11-8-9-19(15-5-3-2-4-13(11)15)17(21)12-6-7-14(18)16(20)10-12/h6-7,10-11,13,15,20H,2-5,8-9,18H2,1H3. The zero-order valence-electron chi connectivity index (χ0n) is 12.6. The minimum Gasteiger partial charge on any atom is -0.506 e. The van der Waals surface area contributed by atoms with E-state index in [9.17, 15) is 9.90 Å². The third-order valence-electron chi connectivity index (χ3n) is 5.28. The Morgan fingerprint density at radius 1 is 1.29 bits per heavy atom. The number of anilines is 1. The van der Waals surface area contributed by atoms with Crippen molar-refractivity contribution in [1.82, 2.24) is 4.90 Å². The number of rotatable bonds is 1. The second-order valence-electron chi connectivity index (χ2n) is 6.55. The van der Waals surface area contributed by atoms with Gasteiger partial charge in [-0.15, -0.1) is 0 Å². The Labute approximate surface area is 125 Å². The molecular weight excluding hydrogens is 264 g/mol. The zero-order valence-corrected chi connectivity index (χ0v) is 12.6. The molecule has 4 nitrogen and oxygen atoms in total. The molecule has 3 rings (SSSR count). The molecule has 3 unspecified atom stereocenters. The number of nitrogens with two attached hydrogens (primary N) is 1. The first kappa shape index (κ1) is 14.2. The van der Waals surface area contributed by atoms with Crippen LogP contribution in [0.2, 0.25) is 0 Å². The first-order valence-electron chi connectivity index (χ1n) is 7.97. The smallest absolute Gasteiger partial charge is 0.254 e. The van der Waals surface area contributed by atoms with Crippen molar-refractivity contribution in [3.8, 4) is 5.75 Å². The molecule has 0 spiro atoms. The van der Waals surface area contributed by atoms with Crippen LogP contribution in [0.15, 0.2) is 18.2 Å². The predicted octanol–water partition coefficient (Wildman–Crippen LogP) is 3.02. The number of aromatic hydroxyl groups is 1. The minimum atomic E-state index is -0.00794. The number of benzene rings is 1. The van der Waals surface area contributed by atoms with Crippen molar-refractivity contribution in [3.63, 3.8) is 0 Å². The predicted molar refractivity (Wildman–Crippen MR) is 83.1 cm³/mol. The number of carbonyl (C=O) groups excluding carboxylic acids is 1. The lowest BCUT2D eigenvalue weighted by atomic mass is 9.72. The molecule has 1 amide bonds. The highest BCUT2D eigenvalue weighted by atomic mass is 16.3. The van der Waals surface area contributed by atoms with Gasteiger partial charge in [0.25, 0.3) is 5.91 Å². The molecule has 0 bridgehead atoms. The van der Waals surface area contributed by atoms with Crippen LogP contribution in [0.25, 0.3) is 0 Å². The van der Waals surface area contributed by atoms with E-state index in [4.69, 9.17) is 5.73 Å². The molecule has 0 radical (unpaired) electrons. The van der Waals surface area contributed by atoms with E-state index in [0.29, 0.717) is 29.1 Å². The van der Waals surface area contributed by atoms with Gasteiger partial charge in [0.1, 0.15) is 5.75 Å². The van der Waals surface area contributed by atoms with Crippen molar-refractivity contribution in [3.05, 3.63) is 23.8 Å². The number of carbonyl (C=O) groups is 1. The summed E-state index contributed by atoms with van der Waals surface area (Å²) in [7, 11) is 0. The summed E-state index contributed by atoms with van der Waals surface area (Å²) in [6.07, 6.45) is 5.93. The van der Waals surface area contributed by atoms with Gasteiger partial charge in [-0.3, -0.25) is 4.79 Å². The fourth-order valence-corrected chi connectivity index (χ4v) is 4.01. The van der Waals surface area contributed by atoms with E-state index in [1.807, 2.05) is 4.90 Å². The van der Waals surface area contributed by atoms with Gasteiger partial charge in [0.05, 0.1) is 5.69 Å². The quantitative estimate of drug-likeness (QED) is 0.616. The fourth-order valence-electron chi connectivity index (χ4n) is 4.01. The Kier molecular flexibility index (Phi) is 3.79. The van der Waals surface area contributed by atoms with Crippen LogP contribution in [0.1, 0.15) is 49.4 Å². The summed E-state index contributed by atoms with van der Waals surface area (Å²) in [5, 5.41) is 9.73. The van der Waals surface area contributed by atoms with Crippen molar-refractivity contribution in [2.24, 2.45) is 11.8 Å². The van der Waals surface area contributed by atoms with Crippen molar-refractivity contribution in [1.29, 1.82) is 0 Å². The van der Waals surface area contributed by atoms with Crippen LogP contribution >= 0.6 is 0 Å². The lowest BCUT2D eigenvalue weighted by Crippen LogP contribution is -2.52. The highest BCUT2D eigenvalue weighted by Gasteiger charge is 2.39. The first-order valence-corrected chi connectivity index (χ1v) is 7.97. The summed E-state index contributed by atoms with van der Waals surface area (Å²) in [6, 6.07) is 5.18. The van der Waals surface area contributed by atoms with Crippen LogP contribution in [-0.4, -0.2) is 28.5 Å². The van der Waals surface area contributed by atoms with E-state index in [2.05, 4.69) is 6.92 Å². The van der Waals surface area contributed by atoms with E-state index in [0.717, 1.165) is 19.4 Å². The molecule has 2 fully saturated rings. The van der Waals surface area contributed by atoms with Crippen molar-refractivity contribution >= 4 is 11.6 Å². The molecule has 1 aliphatic heterocycles. The summed E-state index contributed by atoms with van der Waals surface area (Å²) in [5.41, 5.74) is 6.47. The molecule has 1 aliphatic carbocycles. The van der Waals surface area contributed by atoms with Crippen molar-refractivity contribution < 1.29 is 9.90 Å². The van der Waals surface area contributed by atoms with Gasteiger partial charge in [-0.05, 0) is 49.3 Å². The highest BCUT2D eigenvalue weighted by molar-refractivity contribution is 5.95. The molecule has 3 atom stereocenters. The first-order chi connectivity index (χ1) is 10.1. The topological polar surface area (TPSA) is 66.6 Å². The average Bonchev–Trinajstić information content (AvgIpc) is 2.50. The molecule has 1 saturated carbocycles. The number of fused-ring (bicyclic) bond motifs is 1. The lowest BCUT2D eigenvalue weighted by molar-refractivity contribution is 0.0217. The maximum absolute atomic E-state index is 12.8. The molecule has 1 aromatic rings. The number of amides is 1. The van der Waals surface area contributed by atoms with Gasteiger partial charge in [-0.25, -0.2) is 0 Å². The summed E-state index contributed by atoms with van der Waals surface area (Å²) < 4.78 is 0. The van der Waals surface area contributed by atoms with Gasteiger partial charge in [-0.2, -0.15) is 0 Å². The third kappa shape index (κ3) is 2.59. The molecule has 2 aliphatic rings. The second kappa shape index (κ2) is 5.58. The van der Waals surface area contributed by atoms with Gasteiger partial charge in [-0.1, -0.05) is 19.8 Å². The Morgan fingerprint density at radius 2 is 2.05 bits per heavy atom. The van der Waals surface area contributed by atoms with Crippen molar-refractivity contribution in [2.75, 3.05) is 12.3 Å². The summed E-state index contributed by atoms with van der Waals surface area (Å²) in [5.74, 6) is 1.37. The summed E-state index contributed by atoms with van der Waals surface area (Å²) >= 11 is 0. The number of hydrogen-bond acceptors (Lipinski definition) is 3. The number of nitrogen functional groups attached to an aromatic ring is 1. The molecule has 114 valence electrons. The van der Waals surface area contributed by atoms with E-state index >= 15 is 0 Å². The van der Waals surface area contributed by atoms with Crippen LogP contribution in [0.3, 0.4) is 0 Å². The average molecular weight is 288 g/mol.